The SMILES string of the molecule is Cl.N=C(N)NCCC[C@H](N)C(O)[N+](=O)[O-]. The monoisotopic (exact) mass is 241 g/mol. The fourth-order valence-corrected chi connectivity index (χ4v) is 0.866. The van der Waals surface area contributed by atoms with Crippen LogP contribution in [0, 0.1) is 15.5 Å². The summed E-state index contributed by atoms with van der Waals surface area (Å²) in [5, 5.41) is 28.3. The minimum Gasteiger partial charge on any atom is -0.370 e. The molecule has 90 valence electrons. The minimum atomic E-state index is -1.73. The van der Waals surface area contributed by atoms with E-state index in [1.165, 1.54) is 0 Å². The molecule has 0 radical (unpaired) electrons. The maximum absolute atomic E-state index is 10.1. The number of rotatable bonds is 6. The molecule has 0 aliphatic heterocycles. The van der Waals surface area contributed by atoms with Crippen molar-refractivity contribution in [1.29, 1.82) is 5.41 Å². The summed E-state index contributed by atoms with van der Waals surface area (Å²) in [6.45, 7) is 0.410. The summed E-state index contributed by atoms with van der Waals surface area (Å²) in [5.41, 5.74) is 10.3. The first-order valence-corrected chi connectivity index (χ1v) is 4.10. The van der Waals surface area contributed by atoms with Crippen molar-refractivity contribution in [2.75, 3.05) is 6.54 Å². The van der Waals surface area contributed by atoms with Crippen molar-refractivity contribution in [2.45, 2.75) is 25.1 Å². The first-order valence-electron chi connectivity index (χ1n) is 4.10. The highest BCUT2D eigenvalue weighted by Gasteiger charge is 2.24. The highest BCUT2D eigenvalue weighted by Crippen LogP contribution is 1.99. The standard InChI is InChI=1S/C6H15N5O3.ClH/c7-4(5(12)11(13)14)2-1-3-10-6(8)9;/h4-5,12H,1-3,7H2,(H4,8,9,10);1H/t4-,5?;/m0./s1. The molecule has 0 aromatic heterocycles. The second-order valence-electron chi connectivity index (χ2n) is 2.85. The summed E-state index contributed by atoms with van der Waals surface area (Å²) in [4.78, 5) is 9.26. The fraction of sp³-hybridized carbons (Fsp3) is 0.833. The molecule has 2 atom stereocenters. The molecule has 0 bridgehead atoms. The molecule has 0 aliphatic carbocycles. The summed E-state index contributed by atoms with van der Waals surface area (Å²) in [7, 11) is 0. The molecule has 0 heterocycles. The molecule has 0 aromatic carbocycles. The van der Waals surface area contributed by atoms with E-state index in [4.69, 9.17) is 22.0 Å². The average Bonchev–Trinajstić information content (AvgIpc) is 2.10. The van der Waals surface area contributed by atoms with Crippen LogP contribution in [0.1, 0.15) is 12.8 Å². The van der Waals surface area contributed by atoms with Gasteiger partial charge in [-0.3, -0.25) is 15.5 Å². The Kier molecular flexibility index (Phi) is 8.93. The van der Waals surface area contributed by atoms with Gasteiger partial charge in [0.25, 0.3) is 0 Å². The van der Waals surface area contributed by atoms with E-state index in [1.807, 2.05) is 0 Å². The van der Waals surface area contributed by atoms with Gasteiger partial charge in [-0.05, 0) is 12.8 Å². The van der Waals surface area contributed by atoms with E-state index >= 15 is 0 Å². The minimum absolute atomic E-state index is 0. The van der Waals surface area contributed by atoms with Crippen molar-refractivity contribution >= 4 is 18.4 Å². The Labute approximate surface area is 93.1 Å². The van der Waals surface area contributed by atoms with Gasteiger partial charge in [-0.1, -0.05) is 0 Å². The quantitative estimate of drug-likeness (QED) is 0.0963. The molecule has 0 spiro atoms. The van der Waals surface area contributed by atoms with Crippen LogP contribution >= 0.6 is 12.4 Å². The predicted octanol–water partition coefficient (Wildman–Crippen LogP) is -1.41. The first-order chi connectivity index (χ1) is 6.45. The van der Waals surface area contributed by atoms with Crippen LogP contribution in [0.3, 0.4) is 0 Å². The zero-order chi connectivity index (χ0) is 11.1. The lowest BCUT2D eigenvalue weighted by molar-refractivity contribution is -0.573. The van der Waals surface area contributed by atoms with Crippen LogP contribution in [0.2, 0.25) is 0 Å². The van der Waals surface area contributed by atoms with E-state index in [9.17, 15) is 10.1 Å². The number of aliphatic hydroxyl groups is 1. The van der Waals surface area contributed by atoms with E-state index < -0.39 is 17.2 Å². The molecule has 0 saturated heterocycles. The smallest absolute Gasteiger partial charge is 0.328 e. The van der Waals surface area contributed by atoms with Crippen LogP contribution in [0.4, 0.5) is 0 Å². The Hall–Kier alpha value is -1.12. The molecule has 9 heteroatoms. The Balaban J connectivity index is 0. The zero-order valence-electron chi connectivity index (χ0n) is 8.05. The maximum atomic E-state index is 10.1. The van der Waals surface area contributed by atoms with Gasteiger partial charge in [-0.15, -0.1) is 12.4 Å². The number of halogens is 1. The molecule has 15 heavy (non-hydrogen) atoms. The lowest BCUT2D eigenvalue weighted by atomic mass is 10.1. The van der Waals surface area contributed by atoms with Crippen molar-refractivity contribution < 1.29 is 10.0 Å². The Morgan fingerprint density at radius 1 is 1.67 bits per heavy atom. The van der Waals surface area contributed by atoms with Gasteiger partial charge in [-0.25, -0.2) is 0 Å². The van der Waals surface area contributed by atoms with Crippen molar-refractivity contribution in [3.05, 3.63) is 10.1 Å². The van der Waals surface area contributed by atoms with Gasteiger partial charge in [-0.2, -0.15) is 0 Å². The van der Waals surface area contributed by atoms with Gasteiger partial charge in [0.05, 0.1) is 11.0 Å². The summed E-state index contributed by atoms with van der Waals surface area (Å²) in [6.07, 6.45) is -0.930. The molecule has 0 rings (SSSR count). The second-order valence-corrected chi connectivity index (χ2v) is 2.85. The summed E-state index contributed by atoms with van der Waals surface area (Å²) in [6, 6.07) is -0.890. The predicted molar refractivity (Wildman–Crippen MR) is 57.4 cm³/mol. The fourth-order valence-electron chi connectivity index (χ4n) is 0.866. The number of guanidine groups is 1. The number of nitrogens with one attached hydrogen (secondary N) is 2. The topological polar surface area (TPSA) is 151 Å². The van der Waals surface area contributed by atoms with Gasteiger partial charge in [0.1, 0.15) is 0 Å². The highest BCUT2D eigenvalue weighted by atomic mass is 35.5. The van der Waals surface area contributed by atoms with Crippen LogP contribution in [0.25, 0.3) is 0 Å². The highest BCUT2D eigenvalue weighted by molar-refractivity contribution is 5.85. The normalized spacial score (nSPS) is 13.5. The Morgan fingerprint density at radius 2 is 2.20 bits per heavy atom. The van der Waals surface area contributed by atoms with E-state index in [2.05, 4.69) is 5.32 Å². The van der Waals surface area contributed by atoms with E-state index in [0.29, 0.717) is 19.4 Å². The number of hydrogen-bond acceptors (Lipinski definition) is 5. The number of hydrogen-bond donors (Lipinski definition) is 5. The molecule has 7 N–H and O–H groups in total. The zero-order valence-corrected chi connectivity index (χ0v) is 8.87. The first kappa shape index (κ1) is 16.3. The number of nitro groups is 1. The van der Waals surface area contributed by atoms with Gasteiger partial charge in [0.15, 0.2) is 5.96 Å². The van der Waals surface area contributed by atoms with Gasteiger partial charge in [0.2, 0.25) is 0 Å². The average molecular weight is 242 g/mol. The molecular formula is C6H16ClN5O3. The second kappa shape index (κ2) is 8.21. The van der Waals surface area contributed by atoms with Crippen molar-refractivity contribution in [3.8, 4) is 0 Å². The molecule has 1 unspecified atom stereocenters. The van der Waals surface area contributed by atoms with Crippen LogP contribution in [-0.4, -0.2) is 34.8 Å². The molecule has 0 saturated carbocycles. The molecule has 0 amide bonds. The van der Waals surface area contributed by atoms with Crippen LogP contribution < -0.4 is 16.8 Å². The third kappa shape index (κ3) is 7.91. The van der Waals surface area contributed by atoms with Gasteiger partial charge >= 0.3 is 6.23 Å². The summed E-state index contributed by atoms with van der Waals surface area (Å²) in [5.74, 6) is -0.159. The Morgan fingerprint density at radius 3 is 2.60 bits per heavy atom. The third-order valence-electron chi connectivity index (χ3n) is 1.63. The third-order valence-corrected chi connectivity index (χ3v) is 1.63. The van der Waals surface area contributed by atoms with Gasteiger partial charge in [0, 0.05) is 6.54 Å². The lowest BCUT2D eigenvalue weighted by Gasteiger charge is -2.11. The Bertz CT molecular complexity index is 215. The van der Waals surface area contributed by atoms with Crippen LogP contribution in [-0.2, 0) is 0 Å². The van der Waals surface area contributed by atoms with E-state index in [-0.39, 0.29) is 18.4 Å². The molecular weight excluding hydrogens is 226 g/mol. The van der Waals surface area contributed by atoms with E-state index in [0.717, 1.165) is 0 Å². The summed E-state index contributed by atoms with van der Waals surface area (Å²) < 4.78 is 0. The van der Waals surface area contributed by atoms with E-state index in [1.54, 1.807) is 0 Å². The number of nitrogens with two attached hydrogens (primary N) is 2. The molecule has 0 fully saturated rings. The summed E-state index contributed by atoms with van der Waals surface area (Å²) >= 11 is 0. The largest absolute Gasteiger partial charge is 0.370 e. The molecule has 0 aromatic rings. The van der Waals surface area contributed by atoms with Crippen molar-refractivity contribution in [3.63, 3.8) is 0 Å². The van der Waals surface area contributed by atoms with Crippen LogP contribution in [0.15, 0.2) is 0 Å². The number of aliphatic hydroxyl groups excluding tert-OH is 1. The lowest BCUT2D eigenvalue weighted by Crippen LogP contribution is -2.41. The van der Waals surface area contributed by atoms with Crippen molar-refractivity contribution in [2.24, 2.45) is 11.5 Å². The maximum Gasteiger partial charge on any atom is 0.328 e. The number of nitrogens with zero attached hydrogens (tertiary/aromatic N) is 1. The molecule has 0 aliphatic rings. The van der Waals surface area contributed by atoms with Gasteiger partial charge < -0.3 is 21.9 Å². The van der Waals surface area contributed by atoms with Crippen molar-refractivity contribution in [1.82, 2.24) is 5.32 Å². The van der Waals surface area contributed by atoms with Crippen LogP contribution in [0.5, 0.6) is 0 Å². The molecule has 8 nitrogen and oxygen atoms in total.